The van der Waals surface area contributed by atoms with Crippen molar-refractivity contribution in [2.75, 3.05) is 12.4 Å². The van der Waals surface area contributed by atoms with Crippen LogP contribution in [-0.2, 0) is 9.53 Å². The molecule has 1 heterocycles. The summed E-state index contributed by atoms with van der Waals surface area (Å²) in [7, 11) is 0. The lowest BCUT2D eigenvalue weighted by Gasteiger charge is -2.12. The van der Waals surface area contributed by atoms with E-state index in [9.17, 15) is 9.59 Å². The summed E-state index contributed by atoms with van der Waals surface area (Å²) in [6.07, 6.45) is 0.859. The predicted molar refractivity (Wildman–Crippen MR) is 87.6 cm³/mol. The highest BCUT2D eigenvalue weighted by atomic mass is 32.2. The quantitative estimate of drug-likeness (QED) is 0.375. The largest absolute Gasteiger partial charge is 0.463 e. The number of aromatic nitrogens is 2. The number of para-hydroxylation sites is 1. The molecule has 122 valence electrons. The zero-order valence-corrected chi connectivity index (χ0v) is 13.6. The summed E-state index contributed by atoms with van der Waals surface area (Å²) in [6, 6.07) is 7.54. The number of thioether (sulfide) groups is 1. The van der Waals surface area contributed by atoms with Crippen LogP contribution in [0.25, 0.3) is 10.9 Å². The van der Waals surface area contributed by atoms with Crippen LogP contribution in [0.3, 0.4) is 0 Å². The van der Waals surface area contributed by atoms with Crippen LogP contribution in [-0.4, -0.2) is 39.1 Å². The van der Waals surface area contributed by atoms with Gasteiger partial charge in [0.15, 0.2) is 5.16 Å². The van der Waals surface area contributed by atoms with Crippen LogP contribution in [0.1, 0.15) is 25.8 Å². The predicted octanol–water partition coefficient (Wildman–Crippen LogP) is 1.75. The molecule has 1 unspecified atom stereocenters. The molecule has 2 aromatic rings. The normalized spacial score (nSPS) is 15.6. The molecule has 23 heavy (non-hydrogen) atoms. The van der Waals surface area contributed by atoms with E-state index in [4.69, 9.17) is 9.84 Å². The summed E-state index contributed by atoms with van der Waals surface area (Å²) in [6.45, 7) is 1.53. The summed E-state index contributed by atoms with van der Waals surface area (Å²) < 4.78 is 6.69. The van der Waals surface area contributed by atoms with Crippen LogP contribution in [0.2, 0.25) is 0 Å². The number of hydrogen-bond donors (Lipinski definition) is 1. The fourth-order valence-electron chi connectivity index (χ4n) is 2.28. The molecular formula is C16H18N2O4S. The Bertz CT molecular complexity index is 783. The molecule has 1 saturated carbocycles. The molecule has 6 nitrogen and oxygen atoms in total. The number of rotatable bonds is 6. The Kier molecular flexibility index (Phi) is 4.68. The maximum atomic E-state index is 12.7. The van der Waals surface area contributed by atoms with Gasteiger partial charge in [-0.05, 0) is 31.9 Å². The highest BCUT2D eigenvalue weighted by Crippen LogP contribution is 2.36. The third-order valence-electron chi connectivity index (χ3n) is 3.59. The second kappa shape index (κ2) is 6.72. The molecule has 7 heteroatoms. The van der Waals surface area contributed by atoms with Gasteiger partial charge in [0, 0.05) is 11.8 Å². The molecule has 0 aliphatic heterocycles. The first-order valence-electron chi connectivity index (χ1n) is 7.56. The third kappa shape index (κ3) is 3.56. The van der Waals surface area contributed by atoms with Crippen molar-refractivity contribution < 1.29 is 14.6 Å². The van der Waals surface area contributed by atoms with Gasteiger partial charge in [-0.15, -0.1) is 0 Å². The van der Waals surface area contributed by atoms with E-state index >= 15 is 0 Å². The number of nitrogens with zero attached hydrogens (tertiary/aromatic N) is 2. The third-order valence-corrected chi connectivity index (χ3v) is 4.50. The van der Waals surface area contributed by atoms with Gasteiger partial charge in [-0.25, -0.2) is 9.78 Å². The zero-order valence-electron chi connectivity index (χ0n) is 12.8. The van der Waals surface area contributed by atoms with Crippen LogP contribution in [0.15, 0.2) is 34.2 Å². The topological polar surface area (TPSA) is 81.4 Å². The van der Waals surface area contributed by atoms with Gasteiger partial charge in [0.2, 0.25) is 0 Å². The molecule has 0 spiro atoms. The van der Waals surface area contributed by atoms with Crippen molar-refractivity contribution in [3.8, 4) is 0 Å². The molecule has 1 aromatic carbocycles. The van der Waals surface area contributed by atoms with E-state index in [-0.39, 0.29) is 18.2 Å². The number of fused-ring (bicyclic) bond motifs is 1. The minimum absolute atomic E-state index is 0.0124. The van der Waals surface area contributed by atoms with E-state index < -0.39 is 12.1 Å². The Balaban J connectivity index is 1.78. The molecule has 1 aromatic heterocycles. The number of aliphatic hydroxyl groups excluding tert-OH is 1. The molecule has 1 aliphatic rings. The number of benzene rings is 1. The molecule has 3 rings (SSSR count). The number of aliphatic hydroxyl groups is 1. The lowest BCUT2D eigenvalue weighted by Crippen LogP contribution is -2.23. The van der Waals surface area contributed by atoms with Crippen molar-refractivity contribution in [2.24, 2.45) is 0 Å². The first-order valence-corrected chi connectivity index (χ1v) is 8.55. The van der Waals surface area contributed by atoms with E-state index in [1.807, 2.05) is 18.2 Å². The zero-order chi connectivity index (χ0) is 16.4. The van der Waals surface area contributed by atoms with Crippen molar-refractivity contribution in [3.05, 3.63) is 34.6 Å². The van der Waals surface area contributed by atoms with Crippen LogP contribution in [0, 0.1) is 0 Å². The Morgan fingerprint density at radius 1 is 1.48 bits per heavy atom. The second-order valence-corrected chi connectivity index (χ2v) is 6.57. The number of hydrogen-bond acceptors (Lipinski definition) is 6. The van der Waals surface area contributed by atoms with E-state index in [1.54, 1.807) is 10.6 Å². The van der Waals surface area contributed by atoms with Gasteiger partial charge < -0.3 is 9.84 Å². The molecule has 0 saturated heterocycles. The van der Waals surface area contributed by atoms with Gasteiger partial charge in [-0.1, -0.05) is 23.9 Å². The molecule has 1 atom stereocenters. The van der Waals surface area contributed by atoms with Gasteiger partial charge in [0.05, 0.1) is 10.9 Å². The van der Waals surface area contributed by atoms with E-state index in [0.717, 1.165) is 12.8 Å². The van der Waals surface area contributed by atoms with Crippen molar-refractivity contribution in [1.82, 2.24) is 9.55 Å². The van der Waals surface area contributed by atoms with Crippen LogP contribution in [0.5, 0.6) is 0 Å². The van der Waals surface area contributed by atoms with Gasteiger partial charge in [-0.3, -0.25) is 9.36 Å². The van der Waals surface area contributed by atoms with E-state index in [2.05, 4.69) is 4.98 Å². The Labute approximate surface area is 137 Å². The van der Waals surface area contributed by atoms with Crippen LogP contribution >= 0.6 is 11.8 Å². The standard InChI is InChI=1S/C16H18N2O4S/c1-10(19)15(21)22-8-9-23-16-17-13-5-3-2-4-12(13)14(20)18(16)11-6-7-11/h2-5,10-11,19H,6-9H2,1H3. The number of carbonyl (C=O) groups excluding carboxylic acids is 1. The van der Waals surface area contributed by atoms with E-state index in [1.165, 1.54) is 18.7 Å². The highest BCUT2D eigenvalue weighted by molar-refractivity contribution is 7.99. The van der Waals surface area contributed by atoms with Gasteiger partial charge in [-0.2, -0.15) is 0 Å². The van der Waals surface area contributed by atoms with Crippen molar-refractivity contribution in [2.45, 2.75) is 37.1 Å². The molecule has 1 fully saturated rings. The highest BCUT2D eigenvalue weighted by Gasteiger charge is 2.28. The fourth-order valence-corrected chi connectivity index (χ4v) is 3.16. The van der Waals surface area contributed by atoms with Crippen molar-refractivity contribution in [1.29, 1.82) is 0 Å². The Morgan fingerprint density at radius 2 is 2.22 bits per heavy atom. The van der Waals surface area contributed by atoms with Crippen molar-refractivity contribution in [3.63, 3.8) is 0 Å². The van der Waals surface area contributed by atoms with E-state index in [0.29, 0.717) is 21.8 Å². The summed E-state index contributed by atoms with van der Waals surface area (Å²) in [5.74, 6) is -0.160. The summed E-state index contributed by atoms with van der Waals surface area (Å²) in [5.41, 5.74) is 0.666. The summed E-state index contributed by atoms with van der Waals surface area (Å²) in [5, 5.41) is 10.4. The lowest BCUT2D eigenvalue weighted by atomic mass is 10.2. The van der Waals surface area contributed by atoms with Crippen molar-refractivity contribution >= 4 is 28.6 Å². The maximum absolute atomic E-state index is 12.7. The Morgan fingerprint density at radius 3 is 2.91 bits per heavy atom. The Hall–Kier alpha value is -1.86. The fraction of sp³-hybridized carbons (Fsp3) is 0.438. The first kappa shape index (κ1) is 16.0. The monoisotopic (exact) mass is 334 g/mol. The van der Waals surface area contributed by atoms with Gasteiger partial charge in [0.25, 0.3) is 5.56 Å². The molecular weight excluding hydrogens is 316 g/mol. The minimum Gasteiger partial charge on any atom is -0.463 e. The smallest absolute Gasteiger partial charge is 0.334 e. The van der Waals surface area contributed by atoms with Crippen LogP contribution in [0.4, 0.5) is 0 Å². The molecule has 1 aliphatic carbocycles. The van der Waals surface area contributed by atoms with Gasteiger partial charge >= 0.3 is 5.97 Å². The molecule has 0 bridgehead atoms. The summed E-state index contributed by atoms with van der Waals surface area (Å²) >= 11 is 1.39. The number of ether oxygens (including phenoxy) is 1. The number of carbonyl (C=O) groups is 1. The number of esters is 1. The molecule has 1 N–H and O–H groups in total. The summed E-state index contributed by atoms with van der Waals surface area (Å²) in [4.78, 5) is 28.5. The average Bonchev–Trinajstić information content (AvgIpc) is 3.36. The maximum Gasteiger partial charge on any atom is 0.334 e. The minimum atomic E-state index is -1.12. The van der Waals surface area contributed by atoms with Crippen LogP contribution < -0.4 is 5.56 Å². The SMILES string of the molecule is CC(O)C(=O)OCCSc1nc2ccccc2c(=O)n1C1CC1. The lowest BCUT2D eigenvalue weighted by molar-refractivity contribution is -0.151. The second-order valence-electron chi connectivity index (χ2n) is 5.51. The average molecular weight is 334 g/mol. The molecule has 0 amide bonds. The molecule has 0 radical (unpaired) electrons. The van der Waals surface area contributed by atoms with Gasteiger partial charge in [0.1, 0.15) is 12.7 Å². The first-order chi connectivity index (χ1) is 11.1.